The standard InChI is InChI=1S/C14H16F3NO4/c15-14(16,17)8-4-7-11(18)12(19)22-13(20)21-9-10-5-2-1-3-6-10/h1-3,5-6,11H,4,7-9,18H2/t11-/m0/s1. The summed E-state index contributed by atoms with van der Waals surface area (Å²) in [5.41, 5.74) is 6.05. The fourth-order valence-corrected chi connectivity index (χ4v) is 1.54. The fraction of sp³-hybridized carbons (Fsp3) is 0.429. The normalized spacial score (nSPS) is 12.5. The second kappa shape index (κ2) is 8.38. The Morgan fingerprint density at radius 2 is 1.82 bits per heavy atom. The van der Waals surface area contributed by atoms with Crippen LogP contribution >= 0.6 is 0 Å². The maximum atomic E-state index is 11.9. The zero-order chi connectivity index (χ0) is 16.6. The minimum Gasteiger partial charge on any atom is -0.429 e. The molecular weight excluding hydrogens is 303 g/mol. The molecule has 8 heteroatoms. The Morgan fingerprint density at radius 3 is 2.41 bits per heavy atom. The highest BCUT2D eigenvalue weighted by molar-refractivity contribution is 5.85. The molecule has 1 atom stereocenters. The lowest BCUT2D eigenvalue weighted by atomic mass is 10.1. The number of hydrogen-bond donors (Lipinski definition) is 1. The quantitative estimate of drug-likeness (QED) is 0.644. The molecule has 1 rings (SSSR count). The number of alkyl halides is 3. The van der Waals surface area contributed by atoms with Crippen molar-refractivity contribution in [3.05, 3.63) is 35.9 Å². The molecule has 2 N–H and O–H groups in total. The van der Waals surface area contributed by atoms with Crippen molar-refractivity contribution in [2.45, 2.75) is 38.1 Å². The number of hydrogen-bond acceptors (Lipinski definition) is 5. The molecule has 0 unspecified atom stereocenters. The highest BCUT2D eigenvalue weighted by atomic mass is 19.4. The van der Waals surface area contributed by atoms with Crippen LogP contribution in [0.25, 0.3) is 0 Å². The predicted octanol–water partition coefficient (Wildman–Crippen LogP) is 2.93. The van der Waals surface area contributed by atoms with E-state index in [1.807, 2.05) is 0 Å². The molecule has 22 heavy (non-hydrogen) atoms. The zero-order valence-corrected chi connectivity index (χ0v) is 11.6. The molecule has 0 amide bonds. The highest BCUT2D eigenvalue weighted by Gasteiger charge is 2.28. The van der Waals surface area contributed by atoms with Gasteiger partial charge in [-0.05, 0) is 18.4 Å². The Morgan fingerprint density at radius 1 is 1.18 bits per heavy atom. The topological polar surface area (TPSA) is 78.6 Å². The molecule has 0 saturated carbocycles. The largest absolute Gasteiger partial charge is 0.516 e. The van der Waals surface area contributed by atoms with Gasteiger partial charge in [0.25, 0.3) is 0 Å². The lowest BCUT2D eigenvalue weighted by Crippen LogP contribution is -2.34. The van der Waals surface area contributed by atoms with Crippen LogP contribution in [0.1, 0.15) is 24.8 Å². The van der Waals surface area contributed by atoms with Crippen LogP contribution in [0.5, 0.6) is 0 Å². The SMILES string of the molecule is N[C@@H](CCCC(F)(F)F)C(=O)OC(=O)OCc1ccccc1. The van der Waals surface area contributed by atoms with E-state index in [0.717, 1.165) is 0 Å². The van der Waals surface area contributed by atoms with Crippen LogP contribution in [0.3, 0.4) is 0 Å². The Kier molecular flexibility index (Phi) is 6.84. The van der Waals surface area contributed by atoms with E-state index < -0.39 is 30.8 Å². The summed E-state index contributed by atoms with van der Waals surface area (Å²) in [5.74, 6) is -1.11. The first-order valence-corrected chi connectivity index (χ1v) is 6.52. The van der Waals surface area contributed by atoms with Gasteiger partial charge in [-0.25, -0.2) is 9.59 Å². The molecule has 0 fully saturated rings. The van der Waals surface area contributed by atoms with Crippen LogP contribution in [-0.2, 0) is 20.9 Å². The van der Waals surface area contributed by atoms with Gasteiger partial charge in [0.15, 0.2) is 0 Å². The third-order valence-electron chi connectivity index (χ3n) is 2.66. The van der Waals surface area contributed by atoms with Crippen molar-refractivity contribution < 1.29 is 32.2 Å². The molecule has 122 valence electrons. The van der Waals surface area contributed by atoms with Crippen molar-refractivity contribution in [1.82, 2.24) is 0 Å². The Hall–Kier alpha value is -2.09. The van der Waals surface area contributed by atoms with E-state index in [9.17, 15) is 22.8 Å². The maximum Gasteiger partial charge on any atom is 0.516 e. The average Bonchev–Trinajstić information content (AvgIpc) is 2.44. The third-order valence-corrected chi connectivity index (χ3v) is 2.66. The number of rotatable bonds is 6. The van der Waals surface area contributed by atoms with Crippen molar-refractivity contribution in [3.8, 4) is 0 Å². The molecular formula is C14H16F3NO4. The molecule has 0 aromatic heterocycles. The second-order valence-electron chi connectivity index (χ2n) is 4.56. The van der Waals surface area contributed by atoms with E-state index in [0.29, 0.717) is 5.56 Å². The number of halogens is 3. The monoisotopic (exact) mass is 319 g/mol. The van der Waals surface area contributed by atoms with Crippen LogP contribution in [0.4, 0.5) is 18.0 Å². The van der Waals surface area contributed by atoms with E-state index in [4.69, 9.17) is 10.5 Å². The summed E-state index contributed by atoms with van der Waals surface area (Å²) in [4.78, 5) is 22.7. The van der Waals surface area contributed by atoms with Crippen LogP contribution in [0.2, 0.25) is 0 Å². The van der Waals surface area contributed by atoms with E-state index >= 15 is 0 Å². The minimum atomic E-state index is -4.31. The first-order chi connectivity index (χ1) is 10.3. The third kappa shape index (κ3) is 7.63. The average molecular weight is 319 g/mol. The van der Waals surface area contributed by atoms with Gasteiger partial charge in [0.05, 0.1) is 0 Å². The molecule has 0 heterocycles. The summed E-state index contributed by atoms with van der Waals surface area (Å²) in [6, 6.07) is 7.38. The van der Waals surface area contributed by atoms with E-state index in [2.05, 4.69) is 4.74 Å². The fourth-order valence-electron chi connectivity index (χ4n) is 1.54. The molecule has 0 spiro atoms. The van der Waals surface area contributed by atoms with Crippen LogP contribution in [-0.4, -0.2) is 24.3 Å². The molecule has 0 aliphatic heterocycles. The van der Waals surface area contributed by atoms with E-state index in [1.54, 1.807) is 30.3 Å². The first kappa shape index (κ1) is 18.0. The zero-order valence-electron chi connectivity index (χ0n) is 11.6. The van der Waals surface area contributed by atoms with Gasteiger partial charge >= 0.3 is 18.3 Å². The van der Waals surface area contributed by atoms with Crippen LogP contribution < -0.4 is 5.73 Å². The number of nitrogens with two attached hydrogens (primary N) is 1. The molecule has 5 nitrogen and oxygen atoms in total. The number of carbonyl (C=O) groups excluding carboxylic acids is 2. The summed E-state index contributed by atoms with van der Waals surface area (Å²) in [5, 5.41) is 0. The number of carbonyl (C=O) groups is 2. The smallest absolute Gasteiger partial charge is 0.429 e. The molecule has 0 radical (unpaired) electrons. The van der Waals surface area contributed by atoms with Gasteiger partial charge in [0.1, 0.15) is 12.6 Å². The van der Waals surface area contributed by atoms with Gasteiger partial charge in [-0.1, -0.05) is 30.3 Å². The second-order valence-corrected chi connectivity index (χ2v) is 4.56. The van der Waals surface area contributed by atoms with Crippen molar-refractivity contribution >= 4 is 12.1 Å². The Bertz CT molecular complexity index is 491. The van der Waals surface area contributed by atoms with Crippen molar-refractivity contribution in [1.29, 1.82) is 0 Å². The number of esters is 1. The minimum absolute atomic E-state index is 0.0870. The molecule has 0 aliphatic rings. The van der Waals surface area contributed by atoms with Gasteiger partial charge in [-0.3, -0.25) is 0 Å². The van der Waals surface area contributed by atoms with Gasteiger partial charge in [0.2, 0.25) is 0 Å². The maximum absolute atomic E-state index is 11.9. The van der Waals surface area contributed by atoms with E-state index in [-0.39, 0.29) is 19.4 Å². The summed E-state index contributed by atoms with van der Waals surface area (Å²) in [7, 11) is 0. The Balaban J connectivity index is 2.26. The lowest BCUT2D eigenvalue weighted by Gasteiger charge is -2.11. The molecule has 1 aromatic carbocycles. The number of ether oxygens (including phenoxy) is 2. The first-order valence-electron chi connectivity index (χ1n) is 6.52. The van der Waals surface area contributed by atoms with Gasteiger partial charge in [-0.2, -0.15) is 13.2 Å². The summed E-state index contributed by atoms with van der Waals surface area (Å²) in [6.07, 6.45) is -7.14. The van der Waals surface area contributed by atoms with Crippen molar-refractivity contribution in [2.24, 2.45) is 5.73 Å². The van der Waals surface area contributed by atoms with Gasteiger partial charge < -0.3 is 15.2 Å². The van der Waals surface area contributed by atoms with Crippen molar-refractivity contribution in [3.63, 3.8) is 0 Å². The highest BCUT2D eigenvalue weighted by Crippen LogP contribution is 2.22. The van der Waals surface area contributed by atoms with E-state index in [1.165, 1.54) is 0 Å². The van der Waals surface area contributed by atoms with Crippen molar-refractivity contribution in [2.75, 3.05) is 0 Å². The summed E-state index contributed by atoms with van der Waals surface area (Å²) >= 11 is 0. The summed E-state index contributed by atoms with van der Waals surface area (Å²) < 4.78 is 44.8. The molecule has 1 aromatic rings. The lowest BCUT2D eigenvalue weighted by molar-refractivity contribution is -0.144. The van der Waals surface area contributed by atoms with Gasteiger partial charge in [-0.15, -0.1) is 0 Å². The van der Waals surface area contributed by atoms with Crippen LogP contribution in [0.15, 0.2) is 30.3 Å². The number of benzene rings is 1. The molecule has 0 aliphatic carbocycles. The molecule has 0 bridgehead atoms. The van der Waals surface area contributed by atoms with Gasteiger partial charge in [0, 0.05) is 6.42 Å². The predicted molar refractivity (Wildman–Crippen MR) is 70.6 cm³/mol. The van der Waals surface area contributed by atoms with Crippen LogP contribution in [0, 0.1) is 0 Å². The molecule has 0 saturated heterocycles. The Labute approximate surface area is 125 Å². The summed E-state index contributed by atoms with van der Waals surface area (Å²) in [6.45, 7) is -0.0870.